The number of hydrogen-bond donors (Lipinski definition) is 2. The van der Waals surface area contributed by atoms with Crippen molar-refractivity contribution in [2.24, 2.45) is 5.10 Å². The number of hydrogen-bond acceptors (Lipinski definition) is 4. The third-order valence-electron chi connectivity index (χ3n) is 3.66. The van der Waals surface area contributed by atoms with Crippen molar-refractivity contribution in [2.45, 2.75) is 6.18 Å². The lowest BCUT2D eigenvalue weighted by Crippen LogP contribution is -2.17. The summed E-state index contributed by atoms with van der Waals surface area (Å²) in [5.74, 6) is -0.393. The zero-order chi connectivity index (χ0) is 20.3. The lowest BCUT2D eigenvalue weighted by atomic mass is 10.1. The normalized spacial score (nSPS) is 11.7. The zero-order valence-electron chi connectivity index (χ0n) is 14.0. The summed E-state index contributed by atoms with van der Waals surface area (Å²) in [6.45, 7) is 0. The smallest absolute Gasteiger partial charge is 0.416 e. The highest BCUT2D eigenvalue weighted by Gasteiger charge is 2.30. The number of alkyl halides is 3. The number of phenolic OH excluding ortho intramolecular Hbond substituents is 1. The summed E-state index contributed by atoms with van der Waals surface area (Å²) < 4.78 is 44.5. The molecule has 1 heterocycles. The fourth-order valence-electron chi connectivity index (χ4n) is 2.33. The van der Waals surface area contributed by atoms with Gasteiger partial charge in [-0.05, 0) is 42.5 Å². The molecular weight excluding hydrogens is 441 g/mol. The lowest BCUT2D eigenvalue weighted by molar-refractivity contribution is -0.137. The molecule has 1 amide bonds. The van der Waals surface area contributed by atoms with Crippen molar-refractivity contribution in [3.8, 4) is 17.1 Å². The van der Waals surface area contributed by atoms with E-state index >= 15 is 0 Å². The van der Waals surface area contributed by atoms with Crippen molar-refractivity contribution in [2.75, 3.05) is 0 Å². The molecule has 2 N–H and O–H groups in total. The van der Waals surface area contributed by atoms with E-state index < -0.39 is 17.6 Å². The summed E-state index contributed by atoms with van der Waals surface area (Å²) >= 11 is 3.20. The first-order valence-corrected chi connectivity index (χ1v) is 8.63. The van der Waals surface area contributed by atoms with Gasteiger partial charge in [-0.3, -0.25) is 4.79 Å². The van der Waals surface area contributed by atoms with Gasteiger partial charge in [-0.25, -0.2) is 5.43 Å². The molecular formula is C19H12BrF3N2O3. The average molecular weight is 453 g/mol. The fraction of sp³-hybridized carbons (Fsp3) is 0.0526. The van der Waals surface area contributed by atoms with E-state index in [0.29, 0.717) is 4.47 Å². The molecule has 0 atom stereocenters. The van der Waals surface area contributed by atoms with E-state index in [1.54, 1.807) is 6.07 Å². The fourth-order valence-corrected chi connectivity index (χ4v) is 2.69. The standard InChI is InChI=1S/C19H12BrF3N2O3/c20-13-4-6-16(26)15(9-13)18(27)25-24-10-14-5-7-17(28-14)11-2-1-3-12(8-11)19(21,22)23/h1-10,26H,(H,25,27)/b24-10+. The van der Waals surface area contributed by atoms with Crippen molar-refractivity contribution >= 4 is 28.1 Å². The van der Waals surface area contributed by atoms with E-state index in [0.717, 1.165) is 12.1 Å². The number of nitrogens with one attached hydrogen (secondary N) is 1. The minimum Gasteiger partial charge on any atom is -0.507 e. The van der Waals surface area contributed by atoms with Crippen LogP contribution in [0.25, 0.3) is 11.3 Å². The number of nitrogens with zero attached hydrogens (tertiary/aromatic N) is 1. The highest BCUT2D eigenvalue weighted by molar-refractivity contribution is 9.10. The summed E-state index contributed by atoms with van der Waals surface area (Å²) in [6, 6.07) is 12.1. The Hall–Kier alpha value is -3.07. The van der Waals surface area contributed by atoms with E-state index in [1.807, 2.05) is 0 Å². The Morgan fingerprint density at radius 2 is 1.93 bits per heavy atom. The van der Waals surface area contributed by atoms with Crippen LogP contribution in [0.5, 0.6) is 5.75 Å². The van der Waals surface area contributed by atoms with Gasteiger partial charge in [0.25, 0.3) is 5.91 Å². The maximum Gasteiger partial charge on any atom is 0.416 e. The number of carbonyl (C=O) groups excluding carboxylic acids is 1. The summed E-state index contributed by atoms with van der Waals surface area (Å²) in [5.41, 5.74) is 1.74. The maximum atomic E-state index is 12.8. The van der Waals surface area contributed by atoms with Crippen LogP contribution in [-0.4, -0.2) is 17.2 Å². The van der Waals surface area contributed by atoms with Crippen molar-refractivity contribution in [1.29, 1.82) is 0 Å². The van der Waals surface area contributed by atoms with Gasteiger partial charge < -0.3 is 9.52 Å². The van der Waals surface area contributed by atoms with Crippen molar-refractivity contribution in [3.63, 3.8) is 0 Å². The minimum atomic E-state index is -4.45. The predicted octanol–water partition coefficient (Wildman–Crippen LogP) is 5.20. The molecule has 0 aliphatic carbocycles. The van der Waals surface area contributed by atoms with Gasteiger partial charge in [-0.1, -0.05) is 28.1 Å². The van der Waals surface area contributed by atoms with Crippen molar-refractivity contribution in [3.05, 3.63) is 76.0 Å². The molecule has 1 aromatic heterocycles. The zero-order valence-corrected chi connectivity index (χ0v) is 15.6. The Labute approximate surface area is 165 Å². The highest BCUT2D eigenvalue weighted by Crippen LogP contribution is 2.32. The average Bonchev–Trinajstić information content (AvgIpc) is 3.12. The van der Waals surface area contributed by atoms with Gasteiger partial charge in [0.15, 0.2) is 0 Å². The largest absolute Gasteiger partial charge is 0.507 e. The van der Waals surface area contributed by atoms with Gasteiger partial charge >= 0.3 is 6.18 Å². The van der Waals surface area contributed by atoms with Crippen LogP contribution in [0.1, 0.15) is 21.7 Å². The number of aromatic hydroxyl groups is 1. The first-order chi connectivity index (χ1) is 13.2. The van der Waals surface area contributed by atoms with Crippen molar-refractivity contribution in [1.82, 2.24) is 5.43 Å². The number of carbonyl (C=O) groups is 1. The molecule has 2 aromatic carbocycles. The molecule has 9 heteroatoms. The van der Waals surface area contributed by atoms with Crippen LogP contribution in [0.3, 0.4) is 0 Å². The maximum absolute atomic E-state index is 12.8. The first kappa shape index (κ1) is 19.7. The quantitative estimate of drug-likeness (QED) is 0.422. The molecule has 0 spiro atoms. The van der Waals surface area contributed by atoms with Crippen LogP contribution in [0.15, 0.2) is 68.6 Å². The number of amides is 1. The van der Waals surface area contributed by atoms with Gasteiger partial charge in [0.05, 0.1) is 17.3 Å². The molecule has 0 unspecified atom stereocenters. The van der Waals surface area contributed by atoms with Gasteiger partial charge in [0, 0.05) is 10.0 Å². The van der Waals surface area contributed by atoms with E-state index in [4.69, 9.17) is 4.42 Å². The molecule has 0 aliphatic rings. The van der Waals surface area contributed by atoms with Crippen molar-refractivity contribution < 1.29 is 27.5 Å². The van der Waals surface area contributed by atoms with Gasteiger partial charge in [0.1, 0.15) is 17.3 Å². The van der Waals surface area contributed by atoms with Crippen LogP contribution in [0.4, 0.5) is 13.2 Å². The summed E-state index contributed by atoms with van der Waals surface area (Å²) in [5, 5.41) is 13.4. The van der Waals surface area contributed by atoms with E-state index in [2.05, 4.69) is 26.5 Å². The number of hydrazone groups is 1. The monoisotopic (exact) mass is 452 g/mol. The number of furan rings is 1. The van der Waals surface area contributed by atoms with Crippen LogP contribution in [0, 0.1) is 0 Å². The molecule has 3 aromatic rings. The van der Waals surface area contributed by atoms with Gasteiger partial charge in [-0.15, -0.1) is 0 Å². The van der Waals surface area contributed by atoms with E-state index in [9.17, 15) is 23.1 Å². The topological polar surface area (TPSA) is 74.8 Å². The third kappa shape index (κ3) is 4.61. The highest BCUT2D eigenvalue weighted by atomic mass is 79.9. The Morgan fingerprint density at radius 3 is 2.68 bits per heavy atom. The van der Waals surface area contributed by atoms with E-state index in [1.165, 1.54) is 42.6 Å². The van der Waals surface area contributed by atoms with Crippen LogP contribution < -0.4 is 5.43 Å². The van der Waals surface area contributed by atoms with Crippen LogP contribution in [0.2, 0.25) is 0 Å². The van der Waals surface area contributed by atoms with Crippen LogP contribution >= 0.6 is 15.9 Å². The van der Waals surface area contributed by atoms with E-state index in [-0.39, 0.29) is 28.4 Å². The molecule has 0 aliphatic heterocycles. The molecule has 0 radical (unpaired) electrons. The number of halogens is 4. The Balaban J connectivity index is 1.71. The molecule has 0 fully saturated rings. The second-order valence-electron chi connectivity index (χ2n) is 5.64. The molecule has 28 heavy (non-hydrogen) atoms. The summed E-state index contributed by atoms with van der Waals surface area (Å²) in [7, 11) is 0. The van der Waals surface area contributed by atoms with Gasteiger partial charge in [0.2, 0.25) is 0 Å². The summed E-state index contributed by atoms with van der Waals surface area (Å²) in [4.78, 5) is 12.0. The molecule has 0 bridgehead atoms. The predicted molar refractivity (Wildman–Crippen MR) is 100 cm³/mol. The Morgan fingerprint density at radius 1 is 1.14 bits per heavy atom. The van der Waals surface area contributed by atoms with Crippen LogP contribution in [-0.2, 0) is 6.18 Å². The van der Waals surface area contributed by atoms with Gasteiger partial charge in [-0.2, -0.15) is 18.3 Å². The molecule has 0 saturated carbocycles. The molecule has 0 saturated heterocycles. The SMILES string of the molecule is O=C(N/N=C/c1ccc(-c2cccc(C(F)(F)F)c2)o1)c1cc(Br)ccc1O. The second kappa shape index (κ2) is 7.89. The molecule has 3 rings (SSSR count). The molecule has 144 valence electrons. The number of phenols is 1. The third-order valence-corrected chi connectivity index (χ3v) is 4.16. The minimum absolute atomic E-state index is 0.0237. The number of benzene rings is 2. The summed E-state index contributed by atoms with van der Waals surface area (Å²) in [6.07, 6.45) is -3.25. The Bertz CT molecular complexity index is 1040. The lowest BCUT2D eigenvalue weighted by Gasteiger charge is -2.07. The first-order valence-electron chi connectivity index (χ1n) is 7.83. The number of rotatable bonds is 4. The Kier molecular flexibility index (Phi) is 5.55. The second-order valence-corrected chi connectivity index (χ2v) is 6.56. The molecule has 5 nitrogen and oxygen atoms in total.